The summed E-state index contributed by atoms with van der Waals surface area (Å²) in [6.07, 6.45) is 3.30. The van der Waals surface area contributed by atoms with Crippen LogP contribution in [0.1, 0.15) is 33.1 Å². The highest BCUT2D eigenvalue weighted by atomic mass is 16.5. The van der Waals surface area contributed by atoms with E-state index in [1.165, 1.54) is 6.42 Å². The van der Waals surface area contributed by atoms with Crippen molar-refractivity contribution in [2.24, 2.45) is 10.8 Å². The van der Waals surface area contributed by atoms with Crippen molar-refractivity contribution in [2.75, 3.05) is 26.3 Å². The molecule has 0 radical (unpaired) electrons. The predicted molar refractivity (Wildman–Crippen MR) is 63.6 cm³/mol. The Balaban J connectivity index is 3.38. The average Bonchev–Trinajstić information content (AvgIpc) is 2.27. The van der Waals surface area contributed by atoms with E-state index in [1.807, 2.05) is 0 Å². The van der Waals surface area contributed by atoms with Gasteiger partial charge in [0.2, 0.25) is 5.96 Å². The molecule has 0 fully saturated rings. The molecular weight excluding hydrogens is 192 g/mol. The minimum atomic E-state index is 0.635. The Bertz CT molecular complexity index is 162. The number of ether oxygens (including phenoxy) is 1. The third-order valence-electron chi connectivity index (χ3n) is 1.81. The molecule has 0 saturated carbocycles. The number of hydrogen-bond acceptors (Lipinski definition) is 3. The summed E-state index contributed by atoms with van der Waals surface area (Å²) in [5, 5.41) is 3.07. The van der Waals surface area contributed by atoms with Crippen LogP contribution < -0.4 is 16.6 Å². The van der Waals surface area contributed by atoms with Crippen LogP contribution in [0.2, 0.25) is 0 Å². The van der Waals surface area contributed by atoms with Crippen LogP contribution in [0.5, 0.6) is 0 Å². The summed E-state index contributed by atoms with van der Waals surface area (Å²) < 4.78 is 5.39. The summed E-state index contributed by atoms with van der Waals surface area (Å²) in [5.41, 5.74) is 2.52. The van der Waals surface area contributed by atoms with Crippen molar-refractivity contribution in [2.45, 2.75) is 33.1 Å². The summed E-state index contributed by atoms with van der Waals surface area (Å²) in [4.78, 5) is 4.21. The van der Waals surface area contributed by atoms with Crippen LogP contribution in [0.25, 0.3) is 0 Å². The van der Waals surface area contributed by atoms with Crippen molar-refractivity contribution in [3.63, 3.8) is 0 Å². The second kappa shape index (κ2) is 11.3. The van der Waals surface area contributed by atoms with Crippen LogP contribution in [0.15, 0.2) is 4.99 Å². The quantitative estimate of drug-likeness (QED) is 0.183. The third-order valence-corrected chi connectivity index (χ3v) is 1.81. The Morgan fingerprint density at radius 3 is 2.67 bits per heavy atom. The smallest absolute Gasteiger partial charge is 0.205 e. The molecule has 0 bridgehead atoms. The zero-order valence-electron chi connectivity index (χ0n) is 9.88. The number of nitrogens with two attached hydrogens (primary N) is 1. The molecule has 0 aliphatic rings. The molecule has 0 rings (SSSR count). The van der Waals surface area contributed by atoms with Crippen LogP contribution in [-0.4, -0.2) is 32.3 Å². The number of nitrogens with one attached hydrogen (secondary N) is 2. The standard InChI is InChI=1S/C10H24N4O/c1-3-5-8-15-9-7-13-10(14-11)12-6-4-2/h3-9,11H2,1-2H3,(H2,12,13,14). The number of aliphatic imine (C=N–C) groups is 1. The highest BCUT2D eigenvalue weighted by Crippen LogP contribution is 1.86. The molecule has 5 nitrogen and oxygen atoms in total. The van der Waals surface area contributed by atoms with Crippen LogP contribution >= 0.6 is 0 Å². The summed E-state index contributed by atoms with van der Waals surface area (Å²) in [6, 6.07) is 0. The van der Waals surface area contributed by atoms with Gasteiger partial charge in [0.05, 0.1) is 6.61 Å². The molecule has 0 aromatic rings. The number of unbranched alkanes of at least 4 members (excludes halogenated alkanes) is 1. The summed E-state index contributed by atoms with van der Waals surface area (Å²) >= 11 is 0. The Labute approximate surface area is 92.4 Å². The first kappa shape index (κ1) is 14.2. The maximum absolute atomic E-state index is 5.39. The van der Waals surface area contributed by atoms with Gasteiger partial charge >= 0.3 is 0 Å². The van der Waals surface area contributed by atoms with Crippen LogP contribution in [0.3, 0.4) is 0 Å². The van der Waals surface area contributed by atoms with E-state index in [0.717, 1.165) is 32.5 Å². The Morgan fingerprint density at radius 2 is 2.07 bits per heavy atom. The molecule has 0 spiro atoms. The van der Waals surface area contributed by atoms with Crippen LogP contribution in [-0.2, 0) is 4.74 Å². The fourth-order valence-electron chi connectivity index (χ4n) is 0.966. The van der Waals surface area contributed by atoms with E-state index < -0.39 is 0 Å². The van der Waals surface area contributed by atoms with Gasteiger partial charge in [-0.3, -0.25) is 10.4 Å². The van der Waals surface area contributed by atoms with Gasteiger partial charge in [0, 0.05) is 19.7 Å². The lowest BCUT2D eigenvalue weighted by atomic mass is 10.4. The average molecular weight is 216 g/mol. The van der Waals surface area contributed by atoms with Gasteiger partial charge in [-0.15, -0.1) is 0 Å². The van der Waals surface area contributed by atoms with Crippen LogP contribution in [0, 0.1) is 0 Å². The normalized spacial score (nSPS) is 11.5. The fraction of sp³-hybridized carbons (Fsp3) is 0.900. The molecule has 0 saturated heterocycles. The van der Waals surface area contributed by atoms with Gasteiger partial charge < -0.3 is 10.1 Å². The topological polar surface area (TPSA) is 71.7 Å². The number of guanidine groups is 1. The van der Waals surface area contributed by atoms with Gasteiger partial charge in [-0.25, -0.2) is 5.84 Å². The van der Waals surface area contributed by atoms with Crippen molar-refractivity contribution < 1.29 is 4.74 Å². The predicted octanol–water partition coefficient (Wildman–Crippen LogP) is 0.622. The zero-order valence-corrected chi connectivity index (χ0v) is 9.88. The van der Waals surface area contributed by atoms with E-state index in [4.69, 9.17) is 10.6 Å². The molecule has 0 heterocycles. The van der Waals surface area contributed by atoms with E-state index in [2.05, 4.69) is 29.6 Å². The van der Waals surface area contributed by atoms with Gasteiger partial charge in [-0.1, -0.05) is 20.3 Å². The molecule has 0 unspecified atom stereocenters. The maximum Gasteiger partial charge on any atom is 0.205 e. The Morgan fingerprint density at radius 1 is 1.27 bits per heavy atom. The number of nitrogens with zero attached hydrogens (tertiary/aromatic N) is 1. The molecule has 0 atom stereocenters. The second-order valence-corrected chi connectivity index (χ2v) is 3.27. The molecule has 4 N–H and O–H groups in total. The minimum Gasteiger partial charge on any atom is -0.380 e. The van der Waals surface area contributed by atoms with Gasteiger partial charge in [0.1, 0.15) is 0 Å². The molecule has 0 aliphatic heterocycles. The highest BCUT2D eigenvalue weighted by Gasteiger charge is 1.93. The van der Waals surface area contributed by atoms with E-state index >= 15 is 0 Å². The lowest BCUT2D eigenvalue weighted by molar-refractivity contribution is 0.136. The number of hydrogen-bond donors (Lipinski definition) is 3. The molecule has 15 heavy (non-hydrogen) atoms. The molecule has 0 amide bonds. The van der Waals surface area contributed by atoms with Crippen molar-refractivity contribution in [1.29, 1.82) is 0 Å². The summed E-state index contributed by atoms with van der Waals surface area (Å²) in [5.74, 6) is 5.93. The largest absolute Gasteiger partial charge is 0.380 e. The minimum absolute atomic E-state index is 0.635. The van der Waals surface area contributed by atoms with Crippen molar-refractivity contribution in [3.8, 4) is 0 Å². The van der Waals surface area contributed by atoms with Gasteiger partial charge in [0.25, 0.3) is 0 Å². The first-order chi connectivity index (χ1) is 7.35. The molecular formula is C10H24N4O. The van der Waals surface area contributed by atoms with E-state index in [1.54, 1.807) is 0 Å². The fourth-order valence-corrected chi connectivity index (χ4v) is 0.966. The summed E-state index contributed by atoms with van der Waals surface area (Å²) in [7, 11) is 0. The first-order valence-electron chi connectivity index (χ1n) is 5.67. The Hall–Kier alpha value is -0.810. The van der Waals surface area contributed by atoms with Crippen LogP contribution in [0.4, 0.5) is 0 Å². The van der Waals surface area contributed by atoms with Crippen molar-refractivity contribution >= 4 is 5.96 Å². The maximum atomic E-state index is 5.39. The van der Waals surface area contributed by atoms with E-state index in [-0.39, 0.29) is 0 Å². The molecule has 0 aromatic heterocycles. The monoisotopic (exact) mass is 216 g/mol. The SMILES string of the molecule is CCCCOCCNC(=NCCC)NN. The van der Waals surface area contributed by atoms with Crippen molar-refractivity contribution in [1.82, 2.24) is 10.7 Å². The third kappa shape index (κ3) is 9.49. The molecule has 0 aliphatic carbocycles. The lowest BCUT2D eigenvalue weighted by Gasteiger charge is -2.09. The number of rotatable bonds is 8. The Kier molecular flexibility index (Phi) is 10.7. The van der Waals surface area contributed by atoms with E-state index in [0.29, 0.717) is 12.6 Å². The molecule has 90 valence electrons. The highest BCUT2D eigenvalue weighted by molar-refractivity contribution is 5.79. The number of hydrazine groups is 1. The van der Waals surface area contributed by atoms with E-state index in [9.17, 15) is 0 Å². The zero-order chi connectivity index (χ0) is 11.4. The second-order valence-electron chi connectivity index (χ2n) is 3.27. The van der Waals surface area contributed by atoms with Gasteiger partial charge in [-0.2, -0.15) is 0 Å². The molecule has 5 heteroatoms. The van der Waals surface area contributed by atoms with Gasteiger partial charge in [-0.05, 0) is 12.8 Å². The summed E-state index contributed by atoms with van der Waals surface area (Å²) in [6.45, 7) is 7.25. The first-order valence-corrected chi connectivity index (χ1v) is 5.67. The molecule has 0 aromatic carbocycles. The van der Waals surface area contributed by atoms with Crippen molar-refractivity contribution in [3.05, 3.63) is 0 Å². The lowest BCUT2D eigenvalue weighted by Crippen LogP contribution is -2.43. The van der Waals surface area contributed by atoms with Gasteiger partial charge in [0.15, 0.2) is 0 Å².